The highest BCUT2D eigenvalue weighted by molar-refractivity contribution is 5.96. The van der Waals surface area contributed by atoms with Crippen molar-refractivity contribution in [1.29, 1.82) is 0 Å². The molecule has 2 amide bonds. The van der Waals surface area contributed by atoms with Crippen LogP contribution in [-0.2, 0) is 0 Å². The standard InChI is InChI=1S/C19H17F3N2O3/c1-27-13-4-2-3-12(11-13)18(25)23-7-9-24(10-8-23)19(26)14-5-6-15(20)17(22)16(14)21/h2-6,11H,7-10H2,1H3. The molecule has 1 heterocycles. The predicted molar refractivity (Wildman–Crippen MR) is 91.1 cm³/mol. The highest BCUT2D eigenvalue weighted by Crippen LogP contribution is 2.19. The fourth-order valence-corrected chi connectivity index (χ4v) is 2.91. The minimum absolute atomic E-state index is 0.160. The lowest BCUT2D eigenvalue weighted by atomic mass is 10.1. The van der Waals surface area contributed by atoms with Crippen molar-refractivity contribution >= 4 is 11.8 Å². The molecule has 0 bridgehead atoms. The van der Waals surface area contributed by atoms with Gasteiger partial charge < -0.3 is 14.5 Å². The molecule has 1 fully saturated rings. The van der Waals surface area contributed by atoms with E-state index in [2.05, 4.69) is 0 Å². The lowest BCUT2D eigenvalue weighted by Gasteiger charge is -2.35. The number of nitrogens with zero attached hydrogens (tertiary/aromatic N) is 2. The summed E-state index contributed by atoms with van der Waals surface area (Å²) < 4.78 is 45.3. The molecule has 0 spiro atoms. The van der Waals surface area contributed by atoms with E-state index in [0.717, 1.165) is 6.07 Å². The average Bonchev–Trinajstić information content (AvgIpc) is 2.71. The molecule has 5 nitrogen and oxygen atoms in total. The van der Waals surface area contributed by atoms with Crippen LogP contribution in [0.4, 0.5) is 13.2 Å². The quantitative estimate of drug-likeness (QED) is 0.772. The lowest BCUT2D eigenvalue weighted by molar-refractivity contribution is 0.0532. The number of ether oxygens (including phenoxy) is 1. The van der Waals surface area contributed by atoms with Crippen LogP contribution in [0.2, 0.25) is 0 Å². The zero-order valence-electron chi connectivity index (χ0n) is 14.5. The van der Waals surface area contributed by atoms with Crippen LogP contribution in [0.25, 0.3) is 0 Å². The van der Waals surface area contributed by atoms with Gasteiger partial charge in [0.2, 0.25) is 0 Å². The van der Waals surface area contributed by atoms with Gasteiger partial charge in [-0.3, -0.25) is 9.59 Å². The molecule has 0 aromatic heterocycles. The number of piperazine rings is 1. The summed E-state index contributed by atoms with van der Waals surface area (Å²) in [5.74, 6) is -4.91. The molecule has 1 aliphatic heterocycles. The number of carbonyl (C=O) groups is 2. The van der Waals surface area contributed by atoms with Crippen molar-refractivity contribution in [1.82, 2.24) is 9.80 Å². The molecule has 1 saturated heterocycles. The van der Waals surface area contributed by atoms with E-state index in [9.17, 15) is 22.8 Å². The van der Waals surface area contributed by atoms with Gasteiger partial charge in [-0.2, -0.15) is 0 Å². The van der Waals surface area contributed by atoms with Crippen molar-refractivity contribution in [2.45, 2.75) is 0 Å². The second-order valence-electron chi connectivity index (χ2n) is 6.04. The van der Waals surface area contributed by atoms with Crippen LogP contribution in [0.15, 0.2) is 36.4 Å². The SMILES string of the molecule is COc1cccc(C(=O)N2CCN(C(=O)c3ccc(F)c(F)c3F)CC2)c1. The second kappa shape index (κ2) is 7.69. The van der Waals surface area contributed by atoms with Crippen LogP contribution in [0.1, 0.15) is 20.7 Å². The van der Waals surface area contributed by atoms with Gasteiger partial charge >= 0.3 is 0 Å². The number of hydrogen-bond donors (Lipinski definition) is 0. The molecule has 8 heteroatoms. The number of benzene rings is 2. The third-order valence-corrected chi connectivity index (χ3v) is 4.44. The molecule has 0 saturated carbocycles. The maximum atomic E-state index is 13.8. The first-order chi connectivity index (χ1) is 12.9. The Morgan fingerprint density at radius 1 is 0.889 bits per heavy atom. The largest absolute Gasteiger partial charge is 0.497 e. The lowest BCUT2D eigenvalue weighted by Crippen LogP contribution is -2.50. The molecule has 1 aliphatic rings. The molecule has 142 valence electrons. The van der Waals surface area contributed by atoms with Crippen molar-refractivity contribution in [3.63, 3.8) is 0 Å². The number of rotatable bonds is 3. The van der Waals surface area contributed by atoms with Crippen LogP contribution in [0.5, 0.6) is 5.75 Å². The fourth-order valence-electron chi connectivity index (χ4n) is 2.91. The molecule has 0 atom stereocenters. The molecular weight excluding hydrogens is 361 g/mol. The number of hydrogen-bond acceptors (Lipinski definition) is 3. The highest BCUT2D eigenvalue weighted by Gasteiger charge is 2.28. The van der Waals surface area contributed by atoms with Gasteiger partial charge in [0.25, 0.3) is 11.8 Å². The summed E-state index contributed by atoms with van der Waals surface area (Å²) in [6, 6.07) is 8.36. The van der Waals surface area contributed by atoms with Crippen LogP contribution in [0.3, 0.4) is 0 Å². The van der Waals surface area contributed by atoms with Gasteiger partial charge in [0.1, 0.15) is 5.75 Å². The van der Waals surface area contributed by atoms with Crippen molar-refractivity contribution in [3.05, 3.63) is 65.0 Å². The summed E-state index contributed by atoms with van der Waals surface area (Å²) in [6.07, 6.45) is 0. The minimum atomic E-state index is -1.67. The van der Waals surface area contributed by atoms with E-state index >= 15 is 0 Å². The van der Waals surface area contributed by atoms with Crippen LogP contribution in [0, 0.1) is 17.5 Å². The summed E-state index contributed by atoms with van der Waals surface area (Å²) in [4.78, 5) is 27.8. The average molecular weight is 378 g/mol. The Labute approximate surface area is 153 Å². The van der Waals surface area contributed by atoms with Gasteiger partial charge in [0.15, 0.2) is 17.5 Å². The third kappa shape index (κ3) is 3.74. The van der Waals surface area contributed by atoms with Crippen molar-refractivity contribution in [2.24, 2.45) is 0 Å². The van der Waals surface area contributed by atoms with Crippen LogP contribution < -0.4 is 4.74 Å². The second-order valence-corrected chi connectivity index (χ2v) is 6.04. The summed E-state index contributed by atoms with van der Waals surface area (Å²) in [5.41, 5.74) is -0.0674. The summed E-state index contributed by atoms with van der Waals surface area (Å²) in [6.45, 7) is 0.806. The Morgan fingerprint density at radius 2 is 1.52 bits per heavy atom. The first kappa shape index (κ1) is 18.8. The maximum absolute atomic E-state index is 13.8. The molecule has 3 rings (SSSR count). The first-order valence-electron chi connectivity index (χ1n) is 8.28. The topological polar surface area (TPSA) is 49.9 Å². The van der Waals surface area contributed by atoms with Crippen molar-refractivity contribution < 1.29 is 27.5 Å². The van der Waals surface area contributed by atoms with Gasteiger partial charge in [-0.1, -0.05) is 6.07 Å². The minimum Gasteiger partial charge on any atom is -0.497 e. The predicted octanol–water partition coefficient (Wildman–Crippen LogP) is 2.71. The van der Waals surface area contributed by atoms with E-state index in [4.69, 9.17) is 4.74 Å². The first-order valence-corrected chi connectivity index (χ1v) is 8.28. The summed E-state index contributed by atoms with van der Waals surface area (Å²) in [7, 11) is 1.51. The molecule has 0 unspecified atom stereocenters. The maximum Gasteiger partial charge on any atom is 0.257 e. The monoisotopic (exact) mass is 378 g/mol. The van der Waals surface area contributed by atoms with Gasteiger partial charge in [0.05, 0.1) is 12.7 Å². The smallest absolute Gasteiger partial charge is 0.257 e. The molecular formula is C19H17F3N2O3. The van der Waals surface area contributed by atoms with Crippen LogP contribution >= 0.6 is 0 Å². The Kier molecular flexibility index (Phi) is 5.34. The molecule has 2 aromatic carbocycles. The molecule has 27 heavy (non-hydrogen) atoms. The van der Waals surface area contributed by atoms with Gasteiger partial charge in [-0.05, 0) is 30.3 Å². The van der Waals surface area contributed by atoms with E-state index in [0.29, 0.717) is 17.4 Å². The number of carbonyl (C=O) groups excluding carboxylic acids is 2. The number of methoxy groups -OCH3 is 1. The molecule has 0 aliphatic carbocycles. The van der Waals surface area contributed by atoms with Crippen molar-refractivity contribution in [3.8, 4) is 5.75 Å². The Balaban J connectivity index is 1.67. The fraction of sp³-hybridized carbons (Fsp3) is 0.263. The Hall–Kier alpha value is -3.03. The van der Waals surface area contributed by atoms with Gasteiger partial charge in [0, 0.05) is 31.7 Å². The van der Waals surface area contributed by atoms with E-state index in [1.54, 1.807) is 29.2 Å². The number of amides is 2. The summed E-state index contributed by atoms with van der Waals surface area (Å²) >= 11 is 0. The zero-order valence-corrected chi connectivity index (χ0v) is 14.5. The normalized spacial score (nSPS) is 14.2. The number of halogens is 3. The molecule has 2 aromatic rings. The van der Waals surface area contributed by atoms with E-state index in [1.165, 1.54) is 12.0 Å². The zero-order chi connectivity index (χ0) is 19.6. The van der Waals surface area contributed by atoms with Gasteiger partial charge in [-0.25, -0.2) is 13.2 Å². The van der Waals surface area contributed by atoms with E-state index in [1.807, 2.05) is 0 Å². The Bertz CT molecular complexity index is 880. The third-order valence-electron chi connectivity index (χ3n) is 4.44. The van der Waals surface area contributed by atoms with E-state index < -0.39 is 28.9 Å². The van der Waals surface area contributed by atoms with Gasteiger partial charge in [-0.15, -0.1) is 0 Å². The molecule has 0 radical (unpaired) electrons. The molecule has 0 N–H and O–H groups in total. The van der Waals surface area contributed by atoms with Crippen molar-refractivity contribution in [2.75, 3.05) is 33.3 Å². The summed E-state index contributed by atoms with van der Waals surface area (Å²) in [5, 5.41) is 0. The highest BCUT2D eigenvalue weighted by atomic mass is 19.2. The Morgan fingerprint density at radius 3 is 2.15 bits per heavy atom. The van der Waals surface area contributed by atoms with Crippen LogP contribution in [-0.4, -0.2) is 54.9 Å². The van der Waals surface area contributed by atoms with E-state index in [-0.39, 0.29) is 32.1 Å².